The zero-order valence-corrected chi connectivity index (χ0v) is 33.5. The molecule has 6 heteroatoms. The summed E-state index contributed by atoms with van der Waals surface area (Å²) in [7, 11) is 0. The van der Waals surface area contributed by atoms with Crippen LogP contribution in [0.2, 0.25) is 0 Å². The van der Waals surface area contributed by atoms with Gasteiger partial charge in [0.1, 0.15) is 0 Å². The van der Waals surface area contributed by atoms with Gasteiger partial charge in [0.05, 0.1) is 16.7 Å². The lowest BCUT2D eigenvalue weighted by atomic mass is 9.85. The van der Waals surface area contributed by atoms with Crippen molar-refractivity contribution >= 4 is 17.9 Å². The molecule has 0 aliphatic heterocycles. The van der Waals surface area contributed by atoms with Crippen LogP contribution >= 0.6 is 0 Å². The van der Waals surface area contributed by atoms with E-state index in [4.69, 9.17) is 0 Å². The molecule has 3 N–H and O–H groups in total. The van der Waals surface area contributed by atoms with Gasteiger partial charge in [0, 0.05) is 0 Å². The van der Waals surface area contributed by atoms with Crippen LogP contribution in [-0.2, 0) is 12.8 Å². The Morgan fingerprint density at radius 2 is 0.667 bits per heavy atom. The summed E-state index contributed by atoms with van der Waals surface area (Å²) < 4.78 is 0. The van der Waals surface area contributed by atoms with Gasteiger partial charge in [-0.1, -0.05) is 195 Å². The molecule has 0 unspecified atom stereocenters. The van der Waals surface area contributed by atoms with Gasteiger partial charge >= 0.3 is 17.9 Å². The second-order valence-corrected chi connectivity index (χ2v) is 16.3. The Morgan fingerprint density at radius 1 is 0.392 bits per heavy atom. The van der Waals surface area contributed by atoms with E-state index in [1.165, 1.54) is 128 Å². The van der Waals surface area contributed by atoms with E-state index < -0.39 is 23.5 Å². The molecule has 6 nitrogen and oxygen atoms in total. The van der Waals surface area contributed by atoms with Crippen LogP contribution < -0.4 is 0 Å². The topological polar surface area (TPSA) is 112 Å². The number of carbonyl (C=O) groups is 3. The summed E-state index contributed by atoms with van der Waals surface area (Å²) in [6.07, 6.45) is 35.1. The average Bonchev–Trinajstić information content (AvgIpc) is 3.07. The number of hydrogen-bond acceptors (Lipinski definition) is 3. The van der Waals surface area contributed by atoms with Crippen molar-refractivity contribution in [1.29, 1.82) is 0 Å². The van der Waals surface area contributed by atoms with Crippen LogP contribution in [0.5, 0.6) is 0 Å². The third-order valence-corrected chi connectivity index (χ3v) is 10.6. The van der Waals surface area contributed by atoms with Crippen LogP contribution in [0.4, 0.5) is 0 Å². The summed E-state index contributed by atoms with van der Waals surface area (Å²) in [4.78, 5) is 36.7. The molecule has 51 heavy (non-hydrogen) atoms. The first kappa shape index (κ1) is 46.7. The molecular formula is C45H78O6. The van der Waals surface area contributed by atoms with Gasteiger partial charge in [-0.3, -0.25) is 0 Å². The molecule has 0 amide bonds. The van der Waals surface area contributed by atoms with E-state index >= 15 is 0 Å². The van der Waals surface area contributed by atoms with Crippen molar-refractivity contribution in [3.63, 3.8) is 0 Å². The highest BCUT2D eigenvalue weighted by atomic mass is 16.4. The van der Waals surface area contributed by atoms with Gasteiger partial charge in [-0.25, -0.2) is 14.4 Å². The zero-order chi connectivity index (χ0) is 37.7. The number of hydrogen-bond donors (Lipinski definition) is 3. The van der Waals surface area contributed by atoms with Crippen molar-refractivity contribution in [2.75, 3.05) is 0 Å². The fourth-order valence-electron chi connectivity index (χ4n) is 7.54. The number of benzene rings is 1. The quantitative estimate of drug-likeness (QED) is 0.0603. The van der Waals surface area contributed by atoms with E-state index in [-0.39, 0.29) is 11.1 Å². The second-order valence-electron chi connectivity index (χ2n) is 16.3. The molecule has 0 heterocycles. The van der Waals surface area contributed by atoms with E-state index in [0.29, 0.717) is 24.0 Å². The first-order valence-electron chi connectivity index (χ1n) is 21.4. The Hall–Kier alpha value is -2.37. The van der Waals surface area contributed by atoms with E-state index in [1.54, 1.807) is 0 Å². The van der Waals surface area contributed by atoms with E-state index in [1.807, 2.05) is 0 Å². The Balaban J connectivity index is 2.48. The second kappa shape index (κ2) is 30.1. The molecule has 1 rings (SSSR count). The van der Waals surface area contributed by atoms with Crippen molar-refractivity contribution in [3.8, 4) is 0 Å². The fraction of sp³-hybridized carbons (Fsp3) is 0.800. The number of aromatic carboxylic acids is 3. The minimum atomic E-state index is -1.39. The van der Waals surface area contributed by atoms with Crippen LogP contribution in [0.15, 0.2) is 6.07 Å². The van der Waals surface area contributed by atoms with Gasteiger partial charge in [0.2, 0.25) is 0 Å². The minimum absolute atomic E-state index is 0.0529. The van der Waals surface area contributed by atoms with Gasteiger partial charge in [-0.2, -0.15) is 0 Å². The van der Waals surface area contributed by atoms with Gasteiger partial charge in [-0.05, 0) is 54.7 Å². The Morgan fingerprint density at radius 3 is 0.941 bits per heavy atom. The summed E-state index contributed by atoms with van der Waals surface area (Å²) in [6.45, 7) is 9.19. The van der Waals surface area contributed by atoms with Crippen molar-refractivity contribution in [2.45, 2.75) is 220 Å². The molecule has 0 spiro atoms. The third-order valence-electron chi connectivity index (χ3n) is 10.6. The molecule has 0 fully saturated rings. The summed E-state index contributed by atoms with van der Waals surface area (Å²) in [5, 5.41) is 29.9. The monoisotopic (exact) mass is 715 g/mol. The van der Waals surface area contributed by atoms with Crippen LogP contribution in [0.1, 0.15) is 250 Å². The Kier molecular flexibility index (Phi) is 27.6. The highest BCUT2D eigenvalue weighted by Crippen LogP contribution is 2.29. The molecule has 0 atom stereocenters. The number of rotatable bonds is 35. The molecule has 0 aliphatic rings. The smallest absolute Gasteiger partial charge is 0.336 e. The largest absolute Gasteiger partial charge is 0.478 e. The van der Waals surface area contributed by atoms with Crippen LogP contribution in [0.25, 0.3) is 0 Å². The fourth-order valence-corrected chi connectivity index (χ4v) is 7.54. The zero-order valence-electron chi connectivity index (χ0n) is 33.5. The van der Waals surface area contributed by atoms with Crippen LogP contribution in [0.3, 0.4) is 0 Å². The minimum Gasteiger partial charge on any atom is -0.478 e. The molecule has 0 aromatic heterocycles. The predicted octanol–water partition coefficient (Wildman–Crippen LogP) is 14.1. The Bertz CT molecular complexity index is 1070. The van der Waals surface area contributed by atoms with Crippen molar-refractivity contribution < 1.29 is 29.7 Å². The maximum Gasteiger partial charge on any atom is 0.336 e. The first-order chi connectivity index (χ1) is 24.6. The predicted molar refractivity (Wildman–Crippen MR) is 214 cm³/mol. The molecule has 1 aromatic carbocycles. The van der Waals surface area contributed by atoms with E-state index in [2.05, 4.69) is 27.7 Å². The molecule has 294 valence electrons. The normalized spacial score (nSPS) is 11.6. The summed E-state index contributed by atoms with van der Waals surface area (Å²) >= 11 is 0. The van der Waals surface area contributed by atoms with Gasteiger partial charge in [0.25, 0.3) is 0 Å². The van der Waals surface area contributed by atoms with Crippen LogP contribution in [-0.4, -0.2) is 33.2 Å². The Labute approximate surface area is 313 Å². The van der Waals surface area contributed by atoms with Crippen LogP contribution in [0, 0.1) is 11.8 Å². The molecule has 0 aliphatic carbocycles. The van der Waals surface area contributed by atoms with Crippen molar-refractivity contribution in [3.05, 3.63) is 33.9 Å². The van der Waals surface area contributed by atoms with Crippen molar-refractivity contribution in [1.82, 2.24) is 0 Å². The summed E-state index contributed by atoms with van der Waals surface area (Å²) in [5.41, 5.74) is 0.249. The number of unbranched alkanes of at least 4 members (excludes halogenated alkanes) is 24. The lowest BCUT2D eigenvalue weighted by Crippen LogP contribution is -2.18. The SMILES string of the molecule is CC(C)CCCCCCCCCCCCCCCc1c(C(=O)O)cc(C(=O)O)c(C(=O)O)c1CCCCCCCCCCCCCCCC(C)C. The lowest BCUT2D eigenvalue weighted by molar-refractivity contribution is 0.0647. The van der Waals surface area contributed by atoms with Gasteiger partial charge < -0.3 is 15.3 Å². The molecule has 0 radical (unpaired) electrons. The standard InChI is InChI=1S/C45H78O6/c1-36(2)31-27-23-19-15-11-7-5-9-13-17-21-25-29-33-38-39(42(45(50)51)41(44(48)49)35-40(38)43(46)47)34-30-26-22-18-14-10-6-8-12-16-20-24-28-32-37(3)4/h35-37H,5-34H2,1-4H3,(H,46,47)(H,48,49)(H,50,51). The third kappa shape index (κ3) is 23.0. The highest BCUT2D eigenvalue weighted by Gasteiger charge is 2.27. The maximum absolute atomic E-state index is 12.4. The van der Waals surface area contributed by atoms with Gasteiger partial charge in [-0.15, -0.1) is 0 Å². The number of carboxylic acid groups (broad SMARTS) is 3. The molecule has 1 aromatic rings. The molecule has 0 saturated carbocycles. The number of carboxylic acids is 3. The maximum atomic E-state index is 12.4. The van der Waals surface area contributed by atoms with E-state index in [0.717, 1.165) is 69.3 Å². The summed E-state index contributed by atoms with van der Waals surface area (Å²) in [6, 6.07) is 1.07. The summed E-state index contributed by atoms with van der Waals surface area (Å²) in [5.74, 6) is -2.24. The van der Waals surface area contributed by atoms with Crippen molar-refractivity contribution in [2.24, 2.45) is 11.8 Å². The molecule has 0 saturated heterocycles. The van der Waals surface area contributed by atoms with Gasteiger partial charge in [0.15, 0.2) is 0 Å². The average molecular weight is 715 g/mol. The highest BCUT2D eigenvalue weighted by molar-refractivity contribution is 6.05. The first-order valence-corrected chi connectivity index (χ1v) is 21.4. The lowest BCUT2D eigenvalue weighted by Gasteiger charge is -2.18. The molecular weight excluding hydrogens is 636 g/mol. The van der Waals surface area contributed by atoms with E-state index in [9.17, 15) is 29.7 Å². The molecule has 0 bridgehead atoms.